The third-order valence-corrected chi connectivity index (χ3v) is 5.29. The number of hydrogen-bond donors (Lipinski definition) is 1. The summed E-state index contributed by atoms with van der Waals surface area (Å²) in [7, 11) is 0. The minimum atomic E-state index is -4.63. The van der Waals surface area contributed by atoms with Gasteiger partial charge in [0.1, 0.15) is 23.6 Å². The van der Waals surface area contributed by atoms with Crippen LogP contribution in [0.4, 0.5) is 22.4 Å². The topological polar surface area (TPSA) is 113 Å². The number of carbonyl (C=O) groups is 3. The first-order chi connectivity index (χ1) is 16.7. The fraction of sp³-hybridized carbons (Fsp3) is 0.435. The predicted molar refractivity (Wildman–Crippen MR) is 117 cm³/mol. The Morgan fingerprint density at radius 1 is 1.22 bits per heavy atom. The van der Waals surface area contributed by atoms with Gasteiger partial charge in [-0.1, -0.05) is 0 Å². The second-order valence-electron chi connectivity index (χ2n) is 9.19. The van der Waals surface area contributed by atoms with E-state index in [0.29, 0.717) is 6.41 Å². The molecule has 3 rings (SSSR count). The number of aromatic carboxylic acids is 1. The molecule has 1 aliphatic heterocycles. The summed E-state index contributed by atoms with van der Waals surface area (Å²) in [5.74, 6) is -1.36. The van der Waals surface area contributed by atoms with Crippen LogP contribution in [0.3, 0.4) is 0 Å². The number of rotatable bonds is 6. The van der Waals surface area contributed by atoms with Crippen LogP contribution in [-0.2, 0) is 22.3 Å². The van der Waals surface area contributed by atoms with Gasteiger partial charge in [-0.3, -0.25) is 19.7 Å². The van der Waals surface area contributed by atoms with Crippen LogP contribution in [0.25, 0.3) is 11.3 Å². The van der Waals surface area contributed by atoms with Crippen molar-refractivity contribution in [3.05, 3.63) is 47.4 Å². The third-order valence-electron chi connectivity index (χ3n) is 5.29. The van der Waals surface area contributed by atoms with Crippen molar-refractivity contribution < 1.29 is 41.8 Å². The fourth-order valence-electron chi connectivity index (χ4n) is 3.70. The van der Waals surface area contributed by atoms with E-state index in [-0.39, 0.29) is 41.9 Å². The van der Waals surface area contributed by atoms with E-state index in [1.54, 1.807) is 20.8 Å². The quantitative estimate of drug-likeness (QED) is 0.458. The lowest BCUT2D eigenvalue weighted by atomic mass is 10.1. The number of halogens is 4. The molecule has 2 amide bonds. The van der Waals surface area contributed by atoms with Crippen LogP contribution in [-0.4, -0.2) is 67.8 Å². The molecule has 2 aromatic heterocycles. The molecule has 0 aromatic carbocycles. The molecule has 1 fully saturated rings. The highest BCUT2D eigenvalue weighted by Gasteiger charge is 2.41. The van der Waals surface area contributed by atoms with Crippen molar-refractivity contribution in [2.75, 3.05) is 6.54 Å². The lowest BCUT2D eigenvalue weighted by molar-refractivity contribution is -0.141. The van der Waals surface area contributed by atoms with E-state index in [0.717, 1.165) is 34.3 Å². The molecule has 0 radical (unpaired) electrons. The fourth-order valence-corrected chi connectivity index (χ4v) is 3.70. The summed E-state index contributed by atoms with van der Waals surface area (Å²) in [6.45, 7) is 4.25. The second-order valence-corrected chi connectivity index (χ2v) is 9.19. The van der Waals surface area contributed by atoms with E-state index >= 15 is 0 Å². The minimum Gasteiger partial charge on any atom is -0.478 e. The molecular formula is C23H24F4N4O5. The number of nitrogens with zero attached hydrogens (tertiary/aromatic N) is 4. The first-order valence-corrected chi connectivity index (χ1v) is 10.8. The molecule has 9 nitrogen and oxygen atoms in total. The molecule has 2 aromatic rings. The van der Waals surface area contributed by atoms with Crippen LogP contribution in [0, 0.1) is 0 Å². The van der Waals surface area contributed by atoms with E-state index in [4.69, 9.17) is 4.74 Å². The molecule has 36 heavy (non-hydrogen) atoms. The molecule has 2 atom stereocenters. The Labute approximate surface area is 203 Å². The average Bonchev–Trinajstić information content (AvgIpc) is 3.17. The van der Waals surface area contributed by atoms with Crippen molar-refractivity contribution in [3.8, 4) is 11.3 Å². The van der Waals surface area contributed by atoms with Crippen molar-refractivity contribution in [2.45, 2.75) is 57.9 Å². The van der Waals surface area contributed by atoms with Gasteiger partial charge in [0.2, 0.25) is 6.41 Å². The van der Waals surface area contributed by atoms with Gasteiger partial charge in [-0.2, -0.15) is 13.2 Å². The maximum absolute atomic E-state index is 14.3. The largest absolute Gasteiger partial charge is 0.478 e. The second kappa shape index (κ2) is 10.1. The molecule has 0 bridgehead atoms. The van der Waals surface area contributed by atoms with Gasteiger partial charge in [0.25, 0.3) is 0 Å². The van der Waals surface area contributed by atoms with E-state index in [1.807, 2.05) is 0 Å². The molecule has 3 heterocycles. The lowest BCUT2D eigenvalue weighted by Gasteiger charge is -2.33. The number of carboxylic acid groups (broad SMARTS) is 1. The van der Waals surface area contributed by atoms with Crippen LogP contribution in [0.15, 0.2) is 30.6 Å². The van der Waals surface area contributed by atoms with Gasteiger partial charge in [0.05, 0.1) is 17.8 Å². The zero-order valence-corrected chi connectivity index (χ0v) is 19.6. The summed E-state index contributed by atoms with van der Waals surface area (Å²) in [6.07, 6.45) is -5.83. The van der Waals surface area contributed by atoms with Crippen LogP contribution in [0.2, 0.25) is 0 Å². The van der Waals surface area contributed by atoms with Crippen LogP contribution < -0.4 is 0 Å². The molecule has 0 aliphatic carbocycles. The number of carboxylic acids is 1. The van der Waals surface area contributed by atoms with Gasteiger partial charge in [0.15, 0.2) is 0 Å². The molecule has 13 heteroatoms. The van der Waals surface area contributed by atoms with Crippen molar-refractivity contribution in [1.29, 1.82) is 0 Å². The Bertz CT molecular complexity index is 1130. The average molecular weight is 512 g/mol. The zero-order valence-electron chi connectivity index (χ0n) is 19.6. The molecular weight excluding hydrogens is 488 g/mol. The number of pyridine rings is 2. The predicted octanol–water partition coefficient (Wildman–Crippen LogP) is 4.12. The summed E-state index contributed by atoms with van der Waals surface area (Å²) in [6, 6.07) is 3.19. The van der Waals surface area contributed by atoms with Crippen molar-refractivity contribution in [1.82, 2.24) is 19.8 Å². The van der Waals surface area contributed by atoms with Gasteiger partial charge in [-0.25, -0.2) is 14.0 Å². The summed E-state index contributed by atoms with van der Waals surface area (Å²) in [4.78, 5) is 45.8. The number of likely N-dealkylation sites (tertiary alicyclic amines) is 1. The maximum Gasteiger partial charge on any atom is 0.433 e. The van der Waals surface area contributed by atoms with E-state index < -0.39 is 41.9 Å². The summed E-state index contributed by atoms with van der Waals surface area (Å²) in [5.41, 5.74) is -1.88. The summed E-state index contributed by atoms with van der Waals surface area (Å²) in [5, 5.41) is 9.59. The van der Waals surface area contributed by atoms with Crippen molar-refractivity contribution >= 4 is 18.5 Å². The lowest BCUT2D eigenvalue weighted by Crippen LogP contribution is -2.48. The van der Waals surface area contributed by atoms with Gasteiger partial charge >= 0.3 is 18.2 Å². The molecule has 0 spiro atoms. The molecule has 1 N–H and O–H groups in total. The number of carbonyl (C=O) groups excluding carboxylic acids is 2. The SMILES string of the molecule is CC(C)(C)OC(=O)N1C[C@@H](F)C[C@@H]1N(C=O)Cc1cc(-c2ccc(C(F)(F)F)nc2)ncc1C(=O)O. The number of amides is 2. The van der Waals surface area contributed by atoms with Crippen molar-refractivity contribution in [3.63, 3.8) is 0 Å². The Morgan fingerprint density at radius 3 is 2.44 bits per heavy atom. The van der Waals surface area contributed by atoms with E-state index in [9.17, 15) is 37.1 Å². The Balaban J connectivity index is 1.93. The van der Waals surface area contributed by atoms with E-state index in [1.165, 1.54) is 6.07 Å². The monoisotopic (exact) mass is 512 g/mol. The van der Waals surface area contributed by atoms with E-state index in [2.05, 4.69) is 9.97 Å². The summed E-state index contributed by atoms with van der Waals surface area (Å²) >= 11 is 0. The number of hydrogen-bond acceptors (Lipinski definition) is 6. The maximum atomic E-state index is 14.3. The van der Waals surface area contributed by atoms with Crippen LogP contribution in [0.5, 0.6) is 0 Å². The Kier molecular flexibility index (Phi) is 7.51. The molecule has 1 aliphatic rings. The number of aromatic nitrogens is 2. The minimum absolute atomic E-state index is 0.0749. The highest BCUT2D eigenvalue weighted by atomic mass is 19.4. The van der Waals surface area contributed by atoms with Gasteiger partial charge in [-0.15, -0.1) is 0 Å². The van der Waals surface area contributed by atoms with Gasteiger partial charge in [-0.05, 0) is 44.5 Å². The molecule has 194 valence electrons. The van der Waals surface area contributed by atoms with Crippen molar-refractivity contribution in [2.24, 2.45) is 0 Å². The summed E-state index contributed by atoms with van der Waals surface area (Å²) < 4.78 is 58.0. The third kappa shape index (κ3) is 6.26. The molecule has 0 unspecified atom stereocenters. The Morgan fingerprint density at radius 2 is 1.92 bits per heavy atom. The highest BCUT2D eigenvalue weighted by Crippen LogP contribution is 2.30. The van der Waals surface area contributed by atoms with Crippen LogP contribution in [0.1, 0.15) is 48.8 Å². The number of ether oxygens (including phenoxy) is 1. The highest BCUT2D eigenvalue weighted by molar-refractivity contribution is 5.89. The van der Waals surface area contributed by atoms with Crippen LogP contribution >= 0.6 is 0 Å². The van der Waals surface area contributed by atoms with Gasteiger partial charge < -0.3 is 14.7 Å². The normalized spacial score (nSPS) is 18.1. The molecule has 1 saturated heterocycles. The number of alkyl halides is 4. The standard InChI is InChI=1S/C23H24F4N4O5/c1-22(2,3)36-21(35)31-11-15(24)7-19(31)30(12-32)10-14-6-17(28-9-16(14)20(33)34)13-4-5-18(29-8-13)23(25,26)27/h4-6,8-9,12,15,19H,7,10-11H2,1-3H3,(H,33,34)/t15-,19+/m0/s1. The molecule has 0 saturated carbocycles. The Hall–Kier alpha value is -3.77. The van der Waals surface area contributed by atoms with Gasteiger partial charge in [0, 0.05) is 30.9 Å². The first-order valence-electron chi connectivity index (χ1n) is 10.8. The smallest absolute Gasteiger partial charge is 0.433 e. The first kappa shape index (κ1) is 26.8. The zero-order chi connectivity index (χ0) is 26.8.